The second kappa shape index (κ2) is 5.83. The van der Waals surface area contributed by atoms with E-state index in [0.717, 1.165) is 26.1 Å². The van der Waals surface area contributed by atoms with Crippen molar-refractivity contribution in [2.75, 3.05) is 31.1 Å². The summed E-state index contributed by atoms with van der Waals surface area (Å²) < 4.78 is 5.85. The van der Waals surface area contributed by atoms with Gasteiger partial charge in [-0.15, -0.1) is 0 Å². The topological polar surface area (TPSA) is 67.4 Å². The van der Waals surface area contributed by atoms with Crippen LogP contribution in [-0.2, 0) is 9.53 Å². The van der Waals surface area contributed by atoms with Crippen molar-refractivity contribution in [3.05, 3.63) is 18.5 Å². The lowest BCUT2D eigenvalue weighted by molar-refractivity contribution is -0.127. The zero-order valence-corrected chi connectivity index (χ0v) is 12.6. The van der Waals surface area contributed by atoms with Gasteiger partial charge in [0, 0.05) is 44.6 Å². The van der Waals surface area contributed by atoms with Crippen LogP contribution < -0.4 is 10.2 Å². The van der Waals surface area contributed by atoms with Crippen LogP contribution in [-0.4, -0.2) is 48.2 Å². The van der Waals surface area contributed by atoms with Gasteiger partial charge >= 0.3 is 0 Å². The van der Waals surface area contributed by atoms with Crippen molar-refractivity contribution in [2.24, 2.45) is 17.8 Å². The van der Waals surface area contributed by atoms with E-state index >= 15 is 0 Å². The van der Waals surface area contributed by atoms with E-state index in [4.69, 9.17) is 4.74 Å². The van der Waals surface area contributed by atoms with Crippen molar-refractivity contribution in [2.45, 2.75) is 25.4 Å². The molecule has 3 atom stereocenters. The number of nitrogens with one attached hydrogen (secondary N) is 1. The van der Waals surface area contributed by atoms with Crippen LogP contribution in [0.2, 0.25) is 0 Å². The Hall–Kier alpha value is -1.69. The van der Waals surface area contributed by atoms with E-state index in [0.29, 0.717) is 24.3 Å². The first-order valence-electron chi connectivity index (χ1n) is 8.22. The number of fused-ring (bicyclic) bond motifs is 1. The molecule has 0 unspecified atom stereocenters. The van der Waals surface area contributed by atoms with Crippen molar-refractivity contribution in [1.29, 1.82) is 0 Å². The lowest BCUT2D eigenvalue weighted by Crippen LogP contribution is -2.53. The number of rotatable bonds is 4. The molecule has 6 nitrogen and oxygen atoms in total. The SMILES string of the molecule is O=C(NCC1CC1)[C@@H]1CN(c2ncccn2)C[C@H]2OCC[C@H]21. The molecular weight excluding hydrogens is 280 g/mol. The highest BCUT2D eigenvalue weighted by molar-refractivity contribution is 5.80. The van der Waals surface area contributed by atoms with E-state index in [2.05, 4.69) is 20.2 Å². The Morgan fingerprint density at radius 3 is 2.86 bits per heavy atom. The Balaban J connectivity index is 1.48. The molecule has 0 aromatic carbocycles. The Kier molecular flexibility index (Phi) is 3.70. The third-order valence-electron chi connectivity index (χ3n) is 5.03. The van der Waals surface area contributed by atoms with Crippen LogP contribution in [0.4, 0.5) is 5.95 Å². The van der Waals surface area contributed by atoms with Crippen molar-refractivity contribution < 1.29 is 9.53 Å². The maximum absolute atomic E-state index is 12.6. The number of hydrogen-bond acceptors (Lipinski definition) is 5. The molecule has 4 rings (SSSR count). The fourth-order valence-electron chi connectivity index (χ4n) is 3.57. The smallest absolute Gasteiger partial charge is 0.225 e. The monoisotopic (exact) mass is 302 g/mol. The molecule has 118 valence electrons. The van der Waals surface area contributed by atoms with E-state index in [1.165, 1.54) is 12.8 Å². The van der Waals surface area contributed by atoms with Crippen LogP contribution >= 0.6 is 0 Å². The molecule has 3 heterocycles. The number of hydrogen-bond donors (Lipinski definition) is 1. The molecule has 6 heteroatoms. The number of anilines is 1. The van der Waals surface area contributed by atoms with Gasteiger partial charge in [-0.3, -0.25) is 4.79 Å². The molecule has 22 heavy (non-hydrogen) atoms. The Morgan fingerprint density at radius 2 is 2.09 bits per heavy atom. The minimum absolute atomic E-state index is 0.0243. The average molecular weight is 302 g/mol. The molecule has 2 aliphatic heterocycles. The molecule has 1 N–H and O–H groups in total. The summed E-state index contributed by atoms with van der Waals surface area (Å²) in [6.07, 6.45) is 7.09. The quantitative estimate of drug-likeness (QED) is 0.893. The Morgan fingerprint density at radius 1 is 1.27 bits per heavy atom. The van der Waals surface area contributed by atoms with E-state index < -0.39 is 0 Å². The molecule has 0 radical (unpaired) electrons. The first-order chi connectivity index (χ1) is 10.8. The second-order valence-electron chi connectivity index (χ2n) is 6.61. The normalized spacial score (nSPS) is 30.9. The van der Waals surface area contributed by atoms with Crippen LogP contribution in [0.15, 0.2) is 18.5 Å². The van der Waals surface area contributed by atoms with E-state index in [9.17, 15) is 4.79 Å². The molecular formula is C16H22N4O2. The average Bonchev–Trinajstić information content (AvgIpc) is 3.27. The Bertz CT molecular complexity index is 534. The highest BCUT2D eigenvalue weighted by Crippen LogP contribution is 2.35. The lowest BCUT2D eigenvalue weighted by Gasteiger charge is -2.39. The van der Waals surface area contributed by atoms with Crippen molar-refractivity contribution >= 4 is 11.9 Å². The molecule has 1 aliphatic carbocycles. The van der Waals surface area contributed by atoms with Gasteiger partial charge in [0.15, 0.2) is 0 Å². The molecule has 3 fully saturated rings. The third-order valence-corrected chi connectivity index (χ3v) is 5.03. The highest BCUT2D eigenvalue weighted by Gasteiger charge is 2.44. The molecule has 3 aliphatic rings. The van der Waals surface area contributed by atoms with Crippen molar-refractivity contribution in [1.82, 2.24) is 15.3 Å². The second-order valence-corrected chi connectivity index (χ2v) is 6.61. The number of amides is 1. The summed E-state index contributed by atoms with van der Waals surface area (Å²) in [5.41, 5.74) is 0. The van der Waals surface area contributed by atoms with Gasteiger partial charge < -0.3 is 15.0 Å². The lowest BCUT2D eigenvalue weighted by atomic mass is 9.82. The summed E-state index contributed by atoms with van der Waals surface area (Å²) in [5.74, 6) is 1.88. The zero-order chi connectivity index (χ0) is 14.9. The van der Waals surface area contributed by atoms with E-state index in [1.54, 1.807) is 12.4 Å². The van der Waals surface area contributed by atoms with Crippen molar-refractivity contribution in [3.63, 3.8) is 0 Å². The zero-order valence-electron chi connectivity index (χ0n) is 12.6. The molecule has 0 spiro atoms. The number of piperidine rings is 1. The van der Waals surface area contributed by atoms with Gasteiger partial charge in [-0.2, -0.15) is 0 Å². The van der Waals surface area contributed by atoms with Gasteiger partial charge in [0.1, 0.15) is 0 Å². The van der Waals surface area contributed by atoms with Gasteiger partial charge in [-0.25, -0.2) is 9.97 Å². The van der Waals surface area contributed by atoms with Crippen molar-refractivity contribution in [3.8, 4) is 0 Å². The Labute approximate surface area is 130 Å². The molecule has 0 bridgehead atoms. The van der Waals surface area contributed by atoms with E-state index in [1.807, 2.05) is 6.07 Å². The largest absolute Gasteiger partial charge is 0.376 e. The third kappa shape index (κ3) is 2.79. The van der Waals surface area contributed by atoms with Crippen LogP contribution in [0.1, 0.15) is 19.3 Å². The number of carbonyl (C=O) groups excluding carboxylic acids is 1. The molecule has 2 saturated heterocycles. The maximum Gasteiger partial charge on any atom is 0.225 e. The summed E-state index contributed by atoms with van der Waals surface area (Å²) in [7, 11) is 0. The summed E-state index contributed by atoms with van der Waals surface area (Å²) in [5, 5.41) is 3.14. The minimum Gasteiger partial charge on any atom is -0.376 e. The minimum atomic E-state index is -0.0243. The molecule has 1 saturated carbocycles. The summed E-state index contributed by atoms with van der Waals surface area (Å²) in [6, 6.07) is 1.81. The summed E-state index contributed by atoms with van der Waals surface area (Å²) in [4.78, 5) is 23.4. The molecule has 1 amide bonds. The number of carbonyl (C=O) groups is 1. The predicted octanol–water partition coefficient (Wildman–Crippen LogP) is 0.844. The van der Waals surface area contributed by atoms with Crippen LogP contribution in [0, 0.1) is 17.8 Å². The first-order valence-corrected chi connectivity index (χ1v) is 8.22. The highest BCUT2D eigenvalue weighted by atomic mass is 16.5. The van der Waals surface area contributed by atoms with Gasteiger partial charge in [0.25, 0.3) is 0 Å². The molecule has 1 aromatic heterocycles. The van der Waals surface area contributed by atoms with Crippen LogP contribution in [0.25, 0.3) is 0 Å². The fraction of sp³-hybridized carbons (Fsp3) is 0.688. The molecule has 1 aromatic rings. The number of nitrogens with zero attached hydrogens (tertiary/aromatic N) is 3. The van der Waals surface area contributed by atoms with Gasteiger partial charge in [-0.1, -0.05) is 0 Å². The standard InChI is InChI=1S/C16H22N4O2/c21-15(19-8-11-2-3-11)13-9-20(16-17-5-1-6-18-16)10-14-12(13)4-7-22-14/h1,5-6,11-14H,2-4,7-10H2,(H,19,21)/t12-,13+,14+/m0/s1. The predicted molar refractivity (Wildman–Crippen MR) is 81.3 cm³/mol. The fourth-order valence-corrected chi connectivity index (χ4v) is 3.57. The van der Waals surface area contributed by atoms with Gasteiger partial charge in [0.2, 0.25) is 11.9 Å². The maximum atomic E-state index is 12.6. The number of ether oxygens (including phenoxy) is 1. The summed E-state index contributed by atoms with van der Waals surface area (Å²) >= 11 is 0. The van der Waals surface area contributed by atoms with Crippen LogP contribution in [0.5, 0.6) is 0 Å². The van der Waals surface area contributed by atoms with Crippen LogP contribution in [0.3, 0.4) is 0 Å². The summed E-state index contributed by atoms with van der Waals surface area (Å²) in [6.45, 7) is 3.05. The van der Waals surface area contributed by atoms with Gasteiger partial charge in [0.05, 0.1) is 12.0 Å². The van der Waals surface area contributed by atoms with Gasteiger partial charge in [-0.05, 0) is 31.2 Å². The first kappa shape index (κ1) is 13.9. The number of aromatic nitrogens is 2. The van der Waals surface area contributed by atoms with E-state index in [-0.39, 0.29) is 17.9 Å².